The summed E-state index contributed by atoms with van der Waals surface area (Å²) in [6.07, 6.45) is 3.55. The van der Waals surface area contributed by atoms with Crippen molar-refractivity contribution in [2.45, 2.75) is 11.7 Å². The Balaban J connectivity index is 1.61. The number of imidazole rings is 1. The van der Waals surface area contributed by atoms with Gasteiger partial charge in [-0.3, -0.25) is 4.72 Å². The van der Waals surface area contributed by atoms with Crippen LogP contribution < -0.4 is 4.72 Å². The topological polar surface area (TPSA) is 64.0 Å². The maximum atomic E-state index is 12.5. The molecule has 0 saturated heterocycles. The number of nitrogens with zero attached hydrogens (tertiary/aromatic N) is 2. The van der Waals surface area contributed by atoms with Crippen molar-refractivity contribution in [2.75, 3.05) is 10.5 Å². The van der Waals surface area contributed by atoms with Crippen molar-refractivity contribution in [3.63, 3.8) is 0 Å². The number of thioether (sulfide) groups is 1. The van der Waals surface area contributed by atoms with Gasteiger partial charge in [-0.25, -0.2) is 13.4 Å². The third kappa shape index (κ3) is 3.68. The summed E-state index contributed by atoms with van der Waals surface area (Å²) in [6, 6.07) is 16.6. The van der Waals surface area contributed by atoms with E-state index in [0.717, 1.165) is 34.3 Å². The number of sulfonamides is 1. The second-order valence-electron chi connectivity index (χ2n) is 5.86. The number of nitrogens with one attached hydrogen (secondary N) is 1. The number of para-hydroxylation sites is 1. The lowest BCUT2D eigenvalue weighted by Crippen LogP contribution is -2.09. The first-order valence-corrected chi connectivity index (χ1v) is 10.7. The van der Waals surface area contributed by atoms with Gasteiger partial charge < -0.3 is 4.57 Å². The van der Waals surface area contributed by atoms with E-state index in [1.165, 1.54) is 5.41 Å². The predicted molar refractivity (Wildman–Crippen MR) is 106 cm³/mol. The summed E-state index contributed by atoms with van der Waals surface area (Å²) in [4.78, 5) is 4.62. The average molecular weight is 383 g/mol. The van der Waals surface area contributed by atoms with E-state index in [9.17, 15) is 8.42 Å². The molecule has 3 aromatic rings. The first-order chi connectivity index (χ1) is 12.6. The Morgan fingerprint density at radius 1 is 1.08 bits per heavy atom. The quantitative estimate of drug-likeness (QED) is 0.721. The van der Waals surface area contributed by atoms with E-state index < -0.39 is 10.0 Å². The molecule has 1 N–H and O–H groups in total. The molecular weight excluding hydrogens is 366 g/mol. The highest BCUT2D eigenvalue weighted by atomic mass is 32.2. The molecule has 7 heteroatoms. The van der Waals surface area contributed by atoms with Crippen LogP contribution in [0.2, 0.25) is 0 Å². The standard InChI is InChI=1S/C19H17N3O2S2/c23-26(24,13-10-15-6-2-1-3-7-15)21-17-9-5-4-8-16(17)18-14-22-11-12-25-19(22)20-18/h1-10,13-14,21H,11-12H2/b13-10+. The molecule has 5 nitrogen and oxygen atoms in total. The SMILES string of the molecule is O=S(=O)(/C=C/c1ccccc1)Nc1ccccc1-c1cn2c(n1)SCC2. The summed E-state index contributed by atoms with van der Waals surface area (Å²) in [5, 5.41) is 2.16. The summed E-state index contributed by atoms with van der Waals surface area (Å²) < 4.78 is 29.7. The summed E-state index contributed by atoms with van der Waals surface area (Å²) in [5.41, 5.74) is 2.89. The van der Waals surface area contributed by atoms with Gasteiger partial charge >= 0.3 is 0 Å². The van der Waals surface area contributed by atoms with Crippen molar-refractivity contribution in [3.8, 4) is 11.3 Å². The number of hydrogen-bond donors (Lipinski definition) is 1. The summed E-state index contributed by atoms with van der Waals surface area (Å²) in [6.45, 7) is 0.931. The van der Waals surface area contributed by atoms with Crippen LogP contribution in [0.3, 0.4) is 0 Å². The van der Waals surface area contributed by atoms with Crippen LogP contribution in [-0.2, 0) is 16.6 Å². The first-order valence-electron chi connectivity index (χ1n) is 8.16. The predicted octanol–water partition coefficient (Wildman–Crippen LogP) is 4.07. The van der Waals surface area contributed by atoms with Crippen LogP contribution in [0.1, 0.15) is 5.56 Å². The molecule has 1 aliphatic rings. The van der Waals surface area contributed by atoms with E-state index in [1.807, 2.05) is 48.7 Å². The average Bonchev–Trinajstić information content (AvgIpc) is 3.23. The number of anilines is 1. The minimum Gasteiger partial charge on any atom is -0.325 e. The van der Waals surface area contributed by atoms with Gasteiger partial charge in [0.05, 0.1) is 16.8 Å². The van der Waals surface area contributed by atoms with Crippen LogP contribution in [-0.4, -0.2) is 23.7 Å². The fourth-order valence-corrected chi connectivity index (χ4v) is 4.59. The Kier molecular flexibility index (Phi) is 4.57. The largest absolute Gasteiger partial charge is 0.325 e. The Hall–Kier alpha value is -2.51. The Bertz CT molecular complexity index is 1040. The third-order valence-corrected chi connectivity index (χ3v) is 5.97. The van der Waals surface area contributed by atoms with Gasteiger partial charge in [0.15, 0.2) is 5.16 Å². The Labute approximate surface area is 156 Å². The number of aryl methyl sites for hydroxylation is 1. The highest BCUT2D eigenvalue weighted by molar-refractivity contribution is 7.99. The molecule has 0 fully saturated rings. The van der Waals surface area contributed by atoms with Crippen molar-refractivity contribution < 1.29 is 8.42 Å². The van der Waals surface area contributed by atoms with Crippen LogP contribution in [0.4, 0.5) is 5.69 Å². The molecule has 0 unspecified atom stereocenters. The van der Waals surface area contributed by atoms with Gasteiger partial charge in [0, 0.05) is 24.1 Å². The smallest absolute Gasteiger partial charge is 0.255 e. The van der Waals surface area contributed by atoms with Gasteiger partial charge in [-0.2, -0.15) is 0 Å². The zero-order chi connectivity index (χ0) is 18.0. The second kappa shape index (κ2) is 7.01. The molecule has 0 aliphatic carbocycles. The molecule has 132 valence electrons. The van der Waals surface area contributed by atoms with Gasteiger partial charge in [-0.05, 0) is 17.7 Å². The minimum atomic E-state index is -3.63. The molecule has 1 aliphatic heterocycles. The lowest BCUT2D eigenvalue weighted by molar-refractivity contribution is 0.609. The van der Waals surface area contributed by atoms with Gasteiger partial charge in [0.25, 0.3) is 10.0 Å². The third-order valence-electron chi connectivity index (χ3n) is 4.00. The van der Waals surface area contributed by atoms with Crippen LogP contribution in [0, 0.1) is 0 Å². The van der Waals surface area contributed by atoms with E-state index in [2.05, 4.69) is 14.3 Å². The van der Waals surface area contributed by atoms with Crippen molar-refractivity contribution in [3.05, 3.63) is 71.8 Å². The van der Waals surface area contributed by atoms with Crippen LogP contribution in [0.5, 0.6) is 0 Å². The maximum absolute atomic E-state index is 12.5. The maximum Gasteiger partial charge on any atom is 0.255 e. The van der Waals surface area contributed by atoms with Crippen LogP contribution in [0.15, 0.2) is 71.4 Å². The molecule has 2 heterocycles. The van der Waals surface area contributed by atoms with Crippen molar-refractivity contribution in [1.82, 2.24) is 9.55 Å². The van der Waals surface area contributed by atoms with E-state index in [4.69, 9.17) is 0 Å². The van der Waals surface area contributed by atoms with E-state index in [1.54, 1.807) is 30.0 Å². The van der Waals surface area contributed by atoms with Crippen LogP contribution in [0.25, 0.3) is 17.3 Å². The molecule has 0 saturated carbocycles. The molecule has 0 amide bonds. The molecule has 0 bridgehead atoms. The number of aromatic nitrogens is 2. The monoisotopic (exact) mass is 383 g/mol. The lowest BCUT2D eigenvalue weighted by Gasteiger charge is -2.09. The fraction of sp³-hybridized carbons (Fsp3) is 0.105. The minimum absolute atomic E-state index is 0.520. The normalized spacial score (nSPS) is 13.8. The Morgan fingerprint density at radius 3 is 2.65 bits per heavy atom. The lowest BCUT2D eigenvalue weighted by atomic mass is 10.1. The van der Waals surface area contributed by atoms with E-state index in [-0.39, 0.29) is 0 Å². The van der Waals surface area contributed by atoms with Crippen molar-refractivity contribution >= 4 is 33.5 Å². The molecule has 4 rings (SSSR count). The molecule has 2 aromatic carbocycles. The molecule has 26 heavy (non-hydrogen) atoms. The van der Waals surface area contributed by atoms with Gasteiger partial charge in [0.1, 0.15) is 0 Å². The highest BCUT2D eigenvalue weighted by Crippen LogP contribution is 2.32. The first kappa shape index (κ1) is 16.9. The number of fused-ring (bicyclic) bond motifs is 1. The van der Waals surface area contributed by atoms with Crippen molar-refractivity contribution in [1.29, 1.82) is 0 Å². The van der Waals surface area contributed by atoms with Crippen molar-refractivity contribution in [2.24, 2.45) is 0 Å². The number of rotatable bonds is 5. The molecule has 0 spiro atoms. The van der Waals surface area contributed by atoms with Gasteiger partial charge in [0.2, 0.25) is 0 Å². The summed E-state index contributed by atoms with van der Waals surface area (Å²) in [5.74, 6) is 1.03. The highest BCUT2D eigenvalue weighted by Gasteiger charge is 2.18. The van der Waals surface area contributed by atoms with E-state index >= 15 is 0 Å². The zero-order valence-electron chi connectivity index (χ0n) is 13.9. The molecule has 1 aromatic heterocycles. The molecular formula is C19H17N3O2S2. The number of benzene rings is 2. The Morgan fingerprint density at radius 2 is 1.85 bits per heavy atom. The van der Waals surface area contributed by atoms with Gasteiger partial charge in [-0.15, -0.1) is 0 Å². The second-order valence-corrected chi connectivity index (χ2v) is 8.49. The van der Waals surface area contributed by atoms with Gasteiger partial charge in [-0.1, -0.05) is 60.3 Å². The molecule has 0 radical (unpaired) electrons. The summed E-state index contributed by atoms with van der Waals surface area (Å²) >= 11 is 1.71. The summed E-state index contributed by atoms with van der Waals surface area (Å²) in [7, 11) is -3.63. The molecule has 0 atom stereocenters. The number of hydrogen-bond acceptors (Lipinski definition) is 4. The van der Waals surface area contributed by atoms with Crippen LogP contribution >= 0.6 is 11.8 Å². The van der Waals surface area contributed by atoms with E-state index in [0.29, 0.717) is 5.69 Å². The fourth-order valence-electron chi connectivity index (χ4n) is 2.75. The zero-order valence-corrected chi connectivity index (χ0v) is 15.5.